The van der Waals surface area contributed by atoms with Crippen LogP contribution in [0.25, 0.3) is 0 Å². The highest BCUT2D eigenvalue weighted by Crippen LogP contribution is 1.92. The van der Waals surface area contributed by atoms with Gasteiger partial charge in [0.15, 0.2) is 0 Å². The maximum Gasteiger partial charge on any atom is 0.236 e. The standard InChI is InChI=1S/C15H31N3O2/c1-5-7-8-10-17-15(20)13(4)16-11-9-14(19)18-12(3)6-2/h12-13,16H,5-11H2,1-4H3,(H,17,20)(H,18,19). The smallest absolute Gasteiger partial charge is 0.236 e. The van der Waals surface area contributed by atoms with Gasteiger partial charge in [-0.1, -0.05) is 26.7 Å². The molecule has 5 nitrogen and oxygen atoms in total. The average molecular weight is 285 g/mol. The zero-order chi connectivity index (χ0) is 15.4. The monoisotopic (exact) mass is 285 g/mol. The maximum absolute atomic E-state index is 11.7. The van der Waals surface area contributed by atoms with E-state index in [0.29, 0.717) is 13.0 Å². The van der Waals surface area contributed by atoms with Gasteiger partial charge in [0.25, 0.3) is 0 Å². The van der Waals surface area contributed by atoms with E-state index in [0.717, 1.165) is 32.2 Å². The lowest BCUT2D eigenvalue weighted by Crippen LogP contribution is -2.44. The summed E-state index contributed by atoms with van der Waals surface area (Å²) in [4.78, 5) is 23.3. The van der Waals surface area contributed by atoms with Crippen molar-refractivity contribution in [3.05, 3.63) is 0 Å². The van der Waals surface area contributed by atoms with Crippen LogP contribution < -0.4 is 16.0 Å². The van der Waals surface area contributed by atoms with Gasteiger partial charge in [0.2, 0.25) is 11.8 Å². The molecule has 0 aliphatic rings. The van der Waals surface area contributed by atoms with Crippen LogP contribution >= 0.6 is 0 Å². The summed E-state index contributed by atoms with van der Waals surface area (Å²) < 4.78 is 0. The van der Waals surface area contributed by atoms with Crippen LogP contribution in [0.15, 0.2) is 0 Å². The van der Waals surface area contributed by atoms with Crippen LogP contribution in [0.4, 0.5) is 0 Å². The molecule has 0 heterocycles. The number of nitrogens with one attached hydrogen (secondary N) is 3. The second-order valence-electron chi connectivity index (χ2n) is 5.30. The van der Waals surface area contributed by atoms with Gasteiger partial charge in [-0.25, -0.2) is 0 Å². The lowest BCUT2D eigenvalue weighted by molar-refractivity contribution is -0.124. The molecule has 0 aliphatic heterocycles. The molecule has 0 rings (SSSR count). The van der Waals surface area contributed by atoms with Gasteiger partial charge < -0.3 is 16.0 Å². The van der Waals surface area contributed by atoms with Gasteiger partial charge in [-0.2, -0.15) is 0 Å². The summed E-state index contributed by atoms with van der Waals surface area (Å²) in [6, 6.07) is -0.0465. The second-order valence-corrected chi connectivity index (χ2v) is 5.30. The molecule has 0 saturated carbocycles. The highest BCUT2D eigenvalue weighted by Gasteiger charge is 2.12. The van der Waals surface area contributed by atoms with Gasteiger partial charge in [0.1, 0.15) is 0 Å². The summed E-state index contributed by atoms with van der Waals surface area (Å²) in [6.45, 7) is 9.23. The topological polar surface area (TPSA) is 70.2 Å². The molecule has 0 fully saturated rings. The number of amides is 2. The Hall–Kier alpha value is -1.10. The van der Waals surface area contributed by atoms with Gasteiger partial charge in [0, 0.05) is 25.6 Å². The molecule has 2 amide bonds. The lowest BCUT2D eigenvalue weighted by Gasteiger charge is -2.15. The Morgan fingerprint density at radius 2 is 1.75 bits per heavy atom. The van der Waals surface area contributed by atoms with Crippen molar-refractivity contribution in [1.29, 1.82) is 0 Å². The largest absolute Gasteiger partial charge is 0.355 e. The summed E-state index contributed by atoms with van der Waals surface area (Å²) in [5.74, 6) is 0.0332. The molecule has 2 unspecified atom stereocenters. The molecule has 20 heavy (non-hydrogen) atoms. The Bertz CT molecular complexity index is 282. The van der Waals surface area contributed by atoms with E-state index >= 15 is 0 Å². The van der Waals surface area contributed by atoms with Crippen molar-refractivity contribution >= 4 is 11.8 Å². The first kappa shape index (κ1) is 18.9. The molecule has 2 atom stereocenters. The first-order valence-electron chi connectivity index (χ1n) is 7.81. The minimum Gasteiger partial charge on any atom is -0.355 e. The highest BCUT2D eigenvalue weighted by atomic mass is 16.2. The summed E-state index contributed by atoms with van der Waals surface area (Å²) in [5.41, 5.74) is 0. The van der Waals surface area contributed by atoms with Crippen molar-refractivity contribution in [2.45, 2.75) is 71.9 Å². The van der Waals surface area contributed by atoms with Crippen molar-refractivity contribution in [2.75, 3.05) is 13.1 Å². The molecular formula is C15H31N3O2. The molecule has 0 aromatic rings. The predicted molar refractivity (Wildman–Crippen MR) is 82.5 cm³/mol. The maximum atomic E-state index is 11.7. The molecule has 0 spiro atoms. The first-order chi connectivity index (χ1) is 9.51. The van der Waals surface area contributed by atoms with Crippen LogP contribution in [-0.4, -0.2) is 37.0 Å². The van der Waals surface area contributed by atoms with Crippen LogP contribution in [0.3, 0.4) is 0 Å². The van der Waals surface area contributed by atoms with Gasteiger partial charge in [-0.3, -0.25) is 9.59 Å². The van der Waals surface area contributed by atoms with Gasteiger partial charge in [0.05, 0.1) is 6.04 Å². The van der Waals surface area contributed by atoms with Crippen molar-refractivity contribution in [3.63, 3.8) is 0 Å². The first-order valence-corrected chi connectivity index (χ1v) is 7.81. The second kappa shape index (κ2) is 11.7. The van der Waals surface area contributed by atoms with Crippen molar-refractivity contribution < 1.29 is 9.59 Å². The normalized spacial score (nSPS) is 13.6. The summed E-state index contributed by atoms with van der Waals surface area (Å²) >= 11 is 0. The lowest BCUT2D eigenvalue weighted by atomic mass is 10.2. The summed E-state index contributed by atoms with van der Waals surface area (Å²) in [6.07, 6.45) is 4.63. The summed E-state index contributed by atoms with van der Waals surface area (Å²) in [5, 5.41) is 8.87. The van der Waals surface area contributed by atoms with Crippen LogP contribution in [0.2, 0.25) is 0 Å². The van der Waals surface area contributed by atoms with Crippen LogP contribution in [0, 0.1) is 0 Å². The zero-order valence-electron chi connectivity index (χ0n) is 13.4. The molecule has 3 N–H and O–H groups in total. The molecule has 118 valence electrons. The zero-order valence-corrected chi connectivity index (χ0v) is 13.4. The van der Waals surface area contributed by atoms with Crippen LogP contribution in [0.1, 0.15) is 59.8 Å². The number of unbranched alkanes of at least 4 members (excludes halogenated alkanes) is 2. The Morgan fingerprint density at radius 3 is 2.35 bits per heavy atom. The fourth-order valence-corrected chi connectivity index (χ4v) is 1.68. The van der Waals surface area contributed by atoms with Crippen molar-refractivity contribution in [2.24, 2.45) is 0 Å². The Kier molecular flexibility index (Phi) is 11.1. The highest BCUT2D eigenvalue weighted by molar-refractivity contribution is 5.81. The van der Waals surface area contributed by atoms with E-state index in [1.54, 1.807) is 0 Å². The van der Waals surface area contributed by atoms with Crippen molar-refractivity contribution in [1.82, 2.24) is 16.0 Å². The third-order valence-corrected chi connectivity index (χ3v) is 3.30. The Labute approximate surface area is 123 Å². The summed E-state index contributed by atoms with van der Waals surface area (Å²) in [7, 11) is 0. The van der Waals surface area contributed by atoms with E-state index < -0.39 is 0 Å². The van der Waals surface area contributed by atoms with E-state index in [-0.39, 0.29) is 23.9 Å². The van der Waals surface area contributed by atoms with E-state index in [1.807, 2.05) is 20.8 Å². The van der Waals surface area contributed by atoms with Gasteiger partial charge in [-0.15, -0.1) is 0 Å². The third kappa shape index (κ3) is 9.78. The molecule has 0 aromatic carbocycles. The molecule has 0 bridgehead atoms. The fourth-order valence-electron chi connectivity index (χ4n) is 1.68. The number of carbonyl (C=O) groups is 2. The van der Waals surface area contributed by atoms with Crippen molar-refractivity contribution in [3.8, 4) is 0 Å². The average Bonchev–Trinajstić information content (AvgIpc) is 2.42. The molecule has 5 heteroatoms. The number of hydrogen-bond acceptors (Lipinski definition) is 3. The SMILES string of the molecule is CCCCCNC(=O)C(C)NCCC(=O)NC(C)CC. The van der Waals surface area contributed by atoms with E-state index in [2.05, 4.69) is 22.9 Å². The fraction of sp³-hybridized carbons (Fsp3) is 0.867. The van der Waals surface area contributed by atoms with Crippen LogP contribution in [-0.2, 0) is 9.59 Å². The third-order valence-electron chi connectivity index (χ3n) is 3.30. The molecule has 0 aliphatic carbocycles. The van der Waals surface area contributed by atoms with Crippen LogP contribution in [0.5, 0.6) is 0 Å². The van der Waals surface area contributed by atoms with E-state index in [9.17, 15) is 9.59 Å². The molecule has 0 aromatic heterocycles. The van der Waals surface area contributed by atoms with Gasteiger partial charge >= 0.3 is 0 Å². The molecular weight excluding hydrogens is 254 g/mol. The minimum absolute atomic E-state index is 0.00318. The Balaban J connectivity index is 3.68. The Morgan fingerprint density at radius 1 is 1.05 bits per heavy atom. The molecule has 0 radical (unpaired) electrons. The number of rotatable bonds is 11. The number of carbonyl (C=O) groups excluding carboxylic acids is 2. The molecule has 0 saturated heterocycles. The van der Waals surface area contributed by atoms with Gasteiger partial charge in [-0.05, 0) is 26.7 Å². The van der Waals surface area contributed by atoms with E-state index in [1.165, 1.54) is 0 Å². The quantitative estimate of drug-likeness (QED) is 0.505. The predicted octanol–water partition coefficient (Wildman–Crippen LogP) is 1.58. The van der Waals surface area contributed by atoms with E-state index in [4.69, 9.17) is 0 Å². The minimum atomic E-state index is -0.256. The number of hydrogen-bond donors (Lipinski definition) is 3.